The topological polar surface area (TPSA) is 59.4 Å². The number of pyridine rings is 1. The summed E-state index contributed by atoms with van der Waals surface area (Å²) in [6.07, 6.45) is 9.46. The zero-order valence-corrected chi connectivity index (χ0v) is 17.2. The van der Waals surface area contributed by atoms with E-state index in [0.29, 0.717) is 41.8 Å². The number of rotatable bonds is 6. The summed E-state index contributed by atoms with van der Waals surface area (Å²) >= 11 is 0. The molecule has 3 saturated carbocycles. The fourth-order valence-corrected chi connectivity index (χ4v) is 5.89. The lowest BCUT2D eigenvalue weighted by molar-refractivity contribution is -0.123. The highest BCUT2D eigenvalue weighted by Crippen LogP contribution is 2.64. The average molecular weight is 384 g/mol. The first kappa shape index (κ1) is 18.6. The molecule has 5 rings (SSSR count). The van der Waals surface area contributed by atoms with E-state index in [4.69, 9.17) is 9.72 Å². The van der Waals surface area contributed by atoms with Crippen LogP contribution < -0.4 is 4.74 Å². The highest BCUT2D eigenvalue weighted by Gasteiger charge is 2.64. The Hall–Kier alpha value is -1.42. The summed E-state index contributed by atoms with van der Waals surface area (Å²) in [5, 5.41) is 10.7. The van der Waals surface area contributed by atoms with Crippen molar-refractivity contribution < 1.29 is 14.6 Å². The van der Waals surface area contributed by atoms with Gasteiger partial charge in [-0.05, 0) is 86.2 Å². The number of hydrogen-bond donors (Lipinski definition) is 1. The first-order valence-electron chi connectivity index (χ1n) is 11.3. The van der Waals surface area contributed by atoms with Gasteiger partial charge in [0.25, 0.3) is 0 Å². The van der Waals surface area contributed by atoms with Gasteiger partial charge in [0.2, 0.25) is 0 Å². The number of hydrogen-bond acceptors (Lipinski definition) is 4. The summed E-state index contributed by atoms with van der Waals surface area (Å²) in [5.74, 6) is 4.15. The zero-order chi connectivity index (χ0) is 19.5. The Morgan fingerprint density at radius 3 is 2.79 bits per heavy atom. The molecule has 4 aliphatic carbocycles. The molecule has 0 spiro atoms. The third-order valence-electron chi connectivity index (χ3n) is 7.78. The van der Waals surface area contributed by atoms with E-state index < -0.39 is 5.60 Å². The summed E-state index contributed by atoms with van der Waals surface area (Å²) in [7, 11) is 0. The molecule has 3 atom stereocenters. The molecule has 28 heavy (non-hydrogen) atoms. The number of ether oxygens (including phenoxy) is 1. The van der Waals surface area contributed by atoms with Crippen LogP contribution in [0.2, 0.25) is 0 Å². The van der Waals surface area contributed by atoms with E-state index in [-0.39, 0.29) is 5.92 Å². The van der Waals surface area contributed by atoms with E-state index in [1.54, 1.807) is 0 Å². The van der Waals surface area contributed by atoms with Crippen LogP contribution >= 0.6 is 0 Å². The van der Waals surface area contributed by atoms with Crippen LogP contribution in [0.15, 0.2) is 12.3 Å². The number of Topliss-reactive ketones (excluding diaryl/α,β-unsaturated/α-hetero) is 1. The predicted molar refractivity (Wildman–Crippen MR) is 107 cm³/mol. The Morgan fingerprint density at radius 1 is 1.29 bits per heavy atom. The monoisotopic (exact) mass is 383 g/mol. The quantitative estimate of drug-likeness (QED) is 0.807. The van der Waals surface area contributed by atoms with Crippen molar-refractivity contribution in [1.82, 2.24) is 4.98 Å². The average Bonchev–Trinajstić information content (AvgIpc) is 3.52. The molecule has 1 N–H and O–H groups in total. The smallest absolute Gasteiger partial charge is 0.137 e. The minimum absolute atomic E-state index is 0.227. The number of carbonyl (C=O) groups is 1. The first-order chi connectivity index (χ1) is 13.4. The molecule has 1 heterocycles. The van der Waals surface area contributed by atoms with Crippen LogP contribution in [-0.4, -0.2) is 28.1 Å². The molecule has 0 radical (unpaired) electrons. The maximum Gasteiger partial charge on any atom is 0.137 e. The van der Waals surface area contributed by atoms with E-state index in [1.807, 2.05) is 6.20 Å². The molecule has 4 heteroatoms. The van der Waals surface area contributed by atoms with Crippen LogP contribution in [0.25, 0.3) is 0 Å². The van der Waals surface area contributed by atoms with Crippen LogP contribution in [-0.2, 0) is 17.6 Å². The molecule has 0 aliphatic heterocycles. The van der Waals surface area contributed by atoms with Crippen molar-refractivity contribution in [2.45, 2.75) is 70.8 Å². The van der Waals surface area contributed by atoms with Gasteiger partial charge in [0.1, 0.15) is 11.5 Å². The normalized spacial score (nSPS) is 36.8. The van der Waals surface area contributed by atoms with Crippen molar-refractivity contribution in [2.24, 2.45) is 35.5 Å². The maximum absolute atomic E-state index is 12.8. The van der Waals surface area contributed by atoms with E-state index in [9.17, 15) is 9.90 Å². The number of fused-ring (bicyclic) bond motifs is 2. The lowest BCUT2D eigenvalue weighted by Gasteiger charge is -2.45. The molecule has 0 amide bonds. The van der Waals surface area contributed by atoms with Crippen molar-refractivity contribution >= 4 is 5.78 Å². The van der Waals surface area contributed by atoms with Crippen molar-refractivity contribution in [3.63, 3.8) is 0 Å². The molecule has 4 aliphatic rings. The van der Waals surface area contributed by atoms with Gasteiger partial charge in [-0.25, -0.2) is 0 Å². The van der Waals surface area contributed by atoms with E-state index in [0.717, 1.165) is 50.2 Å². The summed E-state index contributed by atoms with van der Waals surface area (Å²) in [4.78, 5) is 17.5. The molecule has 1 aromatic rings. The second-order valence-electron chi connectivity index (χ2n) is 10.3. The zero-order valence-electron chi connectivity index (χ0n) is 17.2. The molecular weight excluding hydrogens is 350 g/mol. The molecule has 0 aromatic carbocycles. The third kappa shape index (κ3) is 3.38. The third-order valence-corrected chi connectivity index (χ3v) is 7.78. The number of aromatic nitrogens is 1. The van der Waals surface area contributed by atoms with Crippen LogP contribution in [0, 0.1) is 35.5 Å². The van der Waals surface area contributed by atoms with Gasteiger partial charge in [0, 0.05) is 18.0 Å². The van der Waals surface area contributed by atoms with Crippen LogP contribution in [0.3, 0.4) is 0 Å². The van der Waals surface area contributed by atoms with Gasteiger partial charge in [-0.15, -0.1) is 0 Å². The Labute approximate surface area is 168 Å². The number of aryl methyl sites for hydroxylation is 1. The van der Waals surface area contributed by atoms with Gasteiger partial charge in [-0.1, -0.05) is 13.8 Å². The molecule has 152 valence electrons. The largest absolute Gasteiger partial charge is 0.492 e. The molecule has 0 saturated heterocycles. The minimum atomic E-state index is -0.399. The van der Waals surface area contributed by atoms with Gasteiger partial charge < -0.3 is 9.84 Å². The molecule has 4 nitrogen and oxygen atoms in total. The Kier molecular flexibility index (Phi) is 4.53. The number of ketones is 1. The highest BCUT2D eigenvalue weighted by molar-refractivity contribution is 5.85. The lowest BCUT2D eigenvalue weighted by atomic mass is 9.65. The Bertz CT molecular complexity index is 763. The summed E-state index contributed by atoms with van der Waals surface area (Å²) in [6.45, 7) is 5.11. The van der Waals surface area contributed by atoms with Crippen molar-refractivity contribution in [3.05, 3.63) is 23.5 Å². The molecule has 3 fully saturated rings. The summed E-state index contributed by atoms with van der Waals surface area (Å²) in [5.41, 5.74) is 1.96. The SMILES string of the molecule is CC(C)CCOc1cnc2c(c1)CCC(=O)C1C(C2)C1C1CC(O)(C2CC2)C1. The Balaban J connectivity index is 1.25. The second-order valence-corrected chi connectivity index (χ2v) is 10.3. The van der Waals surface area contributed by atoms with E-state index >= 15 is 0 Å². The molecular formula is C24H33NO3. The van der Waals surface area contributed by atoms with Gasteiger partial charge in [-0.3, -0.25) is 9.78 Å². The van der Waals surface area contributed by atoms with Crippen LogP contribution in [0.5, 0.6) is 5.75 Å². The van der Waals surface area contributed by atoms with E-state index in [2.05, 4.69) is 19.9 Å². The summed E-state index contributed by atoms with van der Waals surface area (Å²) < 4.78 is 5.88. The van der Waals surface area contributed by atoms with Crippen molar-refractivity contribution in [1.29, 1.82) is 0 Å². The maximum atomic E-state index is 12.8. The van der Waals surface area contributed by atoms with Gasteiger partial charge in [0.05, 0.1) is 18.4 Å². The van der Waals surface area contributed by atoms with Gasteiger partial charge in [0.15, 0.2) is 0 Å². The highest BCUT2D eigenvalue weighted by atomic mass is 16.5. The fraction of sp³-hybridized carbons (Fsp3) is 0.750. The number of carbonyl (C=O) groups excluding carboxylic acids is 1. The summed E-state index contributed by atoms with van der Waals surface area (Å²) in [6, 6.07) is 2.11. The van der Waals surface area contributed by atoms with Crippen LogP contribution in [0.1, 0.15) is 63.6 Å². The number of aliphatic hydroxyl groups is 1. The molecule has 1 aromatic heterocycles. The van der Waals surface area contributed by atoms with Crippen molar-refractivity contribution in [2.75, 3.05) is 6.61 Å². The standard InChI is InChI=1S/C24H33NO3/c1-14(2)7-8-28-18-9-15-3-6-21(26)23-19(10-20(15)25-13-18)22(23)16-11-24(27,12-16)17-4-5-17/h9,13-14,16-17,19,22-23,27H,3-8,10-12H2,1-2H3. The molecule has 3 unspecified atom stereocenters. The Morgan fingerprint density at radius 2 is 2.07 bits per heavy atom. The van der Waals surface area contributed by atoms with Gasteiger partial charge >= 0.3 is 0 Å². The first-order valence-corrected chi connectivity index (χ1v) is 11.3. The second kappa shape index (κ2) is 6.83. The molecule has 0 bridgehead atoms. The predicted octanol–water partition coefficient (Wildman–Crippen LogP) is 3.98. The van der Waals surface area contributed by atoms with Gasteiger partial charge in [-0.2, -0.15) is 0 Å². The fourth-order valence-electron chi connectivity index (χ4n) is 5.89. The minimum Gasteiger partial charge on any atom is -0.492 e. The van der Waals surface area contributed by atoms with Crippen molar-refractivity contribution in [3.8, 4) is 5.75 Å². The van der Waals surface area contributed by atoms with Crippen LogP contribution in [0.4, 0.5) is 0 Å². The number of nitrogens with zero attached hydrogens (tertiary/aromatic N) is 1. The lowest BCUT2D eigenvalue weighted by Crippen LogP contribution is -2.47. The van der Waals surface area contributed by atoms with E-state index in [1.165, 1.54) is 18.4 Å².